The number of ether oxygens (including phenoxy) is 1. The fraction of sp³-hybridized carbons (Fsp3) is 0.667. The van der Waals surface area contributed by atoms with Gasteiger partial charge in [0.05, 0.1) is 12.7 Å². The highest BCUT2D eigenvalue weighted by atomic mass is 16.5. The smallest absolute Gasteiger partial charge is 0.180 e. The molecule has 0 amide bonds. The van der Waals surface area contributed by atoms with Gasteiger partial charge in [-0.05, 0) is 19.4 Å². The first kappa shape index (κ1) is 10.2. The molecule has 1 rings (SSSR count). The van der Waals surface area contributed by atoms with Gasteiger partial charge in [0.1, 0.15) is 5.76 Å². The molecule has 0 aliphatic heterocycles. The fourth-order valence-corrected chi connectivity index (χ4v) is 1.04. The van der Waals surface area contributed by atoms with Crippen molar-refractivity contribution in [2.24, 2.45) is 0 Å². The molecule has 4 heteroatoms. The average molecular weight is 184 g/mol. The maximum absolute atomic E-state index is 5.06. The Morgan fingerprint density at radius 1 is 1.54 bits per heavy atom. The van der Waals surface area contributed by atoms with Crippen molar-refractivity contribution in [1.82, 2.24) is 10.3 Å². The maximum atomic E-state index is 5.06. The van der Waals surface area contributed by atoms with Crippen LogP contribution in [0, 0.1) is 0 Å². The van der Waals surface area contributed by atoms with Crippen LogP contribution in [0.2, 0.25) is 0 Å². The predicted molar refractivity (Wildman–Crippen MR) is 49.3 cm³/mol. The second kappa shape index (κ2) is 6.62. The Balaban J connectivity index is 1.90. The van der Waals surface area contributed by atoms with Gasteiger partial charge in [0, 0.05) is 13.7 Å². The number of rotatable bonds is 7. The standard InChI is InChI=1S/C9H16N2O2/c1-12-5-3-2-4-10-6-9-7-11-8-13-9/h7-8,10H,2-6H2,1H3. The summed E-state index contributed by atoms with van der Waals surface area (Å²) in [4.78, 5) is 3.82. The van der Waals surface area contributed by atoms with Crippen molar-refractivity contribution in [3.63, 3.8) is 0 Å². The molecule has 0 spiro atoms. The Hall–Kier alpha value is -0.870. The van der Waals surface area contributed by atoms with Gasteiger partial charge in [-0.15, -0.1) is 0 Å². The third kappa shape index (κ3) is 4.65. The van der Waals surface area contributed by atoms with E-state index in [1.165, 1.54) is 6.39 Å². The summed E-state index contributed by atoms with van der Waals surface area (Å²) < 4.78 is 10.0. The monoisotopic (exact) mass is 184 g/mol. The molecule has 0 saturated heterocycles. The second-order valence-electron chi connectivity index (χ2n) is 2.84. The molecule has 4 nitrogen and oxygen atoms in total. The molecular weight excluding hydrogens is 168 g/mol. The normalized spacial score (nSPS) is 10.5. The van der Waals surface area contributed by atoms with Gasteiger partial charge in [-0.25, -0.2) is 4.98 Å². The lowest BCUT2D eigenvalue weighted by Crippen LogP contribution is -2.14. The zero-order valence-electron chi connectivity index (χ0n) is 7.95. The highest BCUT2D eigenvalue weighted by Crippen LogP contribution is 1.95. The Morgan fingerprint density at radius 3 is 3.15 bits per heavy atom. The molecule has 0 atom stereocenters. The van der Waals surface area contributed by atoms with Gasteiger partial charge < -0.3 is 14.5 Å². The van der Waals surface area contributed by atoms with E-state index in [0.717, 1.165) is 38.3 Å². The number of nitrogens with zero attached hydrogens (tertiary/aromatic N) is 1. The van der Waals surface area contributed by atoms with Crippen molar-refractivity contribution in [3.05, 3.63) is 18.4 Å². The van der Waals surface area contributed by atoms with Gasteiger partial charge in [0.25, 0.3) is 0 Å². The van der Waals surface area contributed by atoms with E-state index in [1.807, 2.05) is 0 Å². The summed E-state index contributed by atoms with van der Waals surface area (Å²) in [6.45, 7) is 2.58. The first-order valence-electron chi connectivity index (χ1n) is 4.50. The van der Waals surface area contributed by atoms with Gasteiger partial charge in [-0.2, -0.15) is 0 Å². The summed E-state index contributed by atoms with van der Waals surface area (Å²) in [5, 5.41) is 3.26. The minimum absolute atomic E-state index is 0.757. The van der Waals surface area contributed by atoms with Crippen LogP contribution in [0.25, 0.3) is 0 Å². The van der Waals surface area contributed by atoms with Crippen molar-refractivity contribution in [2.45, 2.75) is 19.4 Å². The SMILES string of the molecule is COCCCCNCc1cnco1. The molecule has 0 unspecified atom stereocenters. The van der Waals surface area contributed by atoms with E-state index in [1.54, 1.807) is 13.3 Å². The van der Waals surface area contributed by atoms with E-state index in [2.05, 4.69) is 10.3 Å². The van der Waals surface area contributed by atoms with Crippen LogP contribution >= 0.6 is 0 Å². The summed E-state index contributed by atoms with van der Waals surface area (Å²) in [5.41, 5.74) is 0. The van der Waals surface area contributed by atoms with E-state index in [0.29, 0.717) is 0 Å². The zero-order valence-corrected chi connectivity index (χ0v) is 7.95. The summed E-state index contributed by atoms with van der Waals surface area (Å²) in [7, 11) is 1.72. The van der Waals surface area contributed by atoms with Crippen LogP contribution in [0.3, 0.4) is 0 Å². The summed E-state index contributed by atoms with van der Waals surface area (Å²) in [6, 6.07) is 0. The Morgan fingerprint density at radius 2 is 2.46 bits per heavy atom. The van der Waals surface area contributed by atoms with Crippen LogP contribution in [0.1, 0.15) is 18.6 Å². The third-order valence-corrected chi connectivity index (χ3v) is 1.73. The van der Waals surface area contributed by atoms with Crippen molar-refractivity contribution in [3.8, 4) is 0 Å². The predicted octanol–water partition coefficient (Wildman–Crippen LogP) is 1.19. The Kier molecular flexibility index (Phi) is 5.20. The van der Waals surface area contributed by atoms with Gasteiger partial charge in [-0.3, -0.25) is 0 Å². The number of aromatic nitrogens is 1. The molecule has 0 aliphatic rings. The highest BCUT2D eigenvalue weighted by molar-refractivity contribution is 4.86. The molecule has 0 fully saturated rings. The summed E-state index contributed by atoms with van der Waals surface area (Å²) in [5.74, 6) is 0.881. The quantitative estimate of drug-likeness (QED) is 0.647. The minimum atomic E-state index is 0.757. The molecular formula is C9H16N2O2. The molecule has 0 aromatic carbocycles. The van der Waals surface area contributed by atoms with E-state index in [4.69, 9.17) is 9.15 Å². The molecule has 0 saturated carbocycles. The number of oxazole rings is 1. The lowest BCUT2D eigenvalue weighted by atomic mass is 10.3. The van der Waals surface area contributed by atoms with Crippen molar-refractivity contribution in [1.29, 1.82) is 0 Å². The first-order valence-corrected chi connectivity index (χ1v) is 4.50. The summed E-state index contributed by atoms with van der Waals surface area (Å²) >= 11 is 0. The molecule has 74 valence electrons. The topological polar surface area (TPSA) is 47.3 Å². The first-order chi connectivity index (χ1) is 6.43. The van der Waals surface area contributed by atoms with Gasteiger partial charge in [-0.1, -0.05) is 0 Å². The number of methoxy groups -OCH3 is 1. The molecule has 1 N–H and O–H groups in total. The van der Waals surface area contributed by atoms with Gasteiger partial charge >= 0.3 is 0 Å². The van der Waals surface area contributed by atoms with E-state index in [-0.39, 0.29) is 0 Å². The van der Waals surface area contributed by atoms with Crippen LogP contribution in [0.15, 0.2) is 17.0 Å². The Labute approximate surface area is 78.3 Å². The zero-order chi connectivity index (χ0) is 9.36. The summed E-state index contributed by atoms with van der Waals surface area (Å²) in [6.07, 6.45) is 5.39. The number of hydrogen-bond acceptors (Lipinski definition) is 4. The molecule has 0 bridgehead atoms. The van der Waals surface area contributed by atoms with Gasteiger partial charge in [0.2, 0.25) is 0 Å². The van der Waals surface area contributed by atoms with Crippen LogP contribution in [-0.2, 0) is 11.3 Å². The fourth-order valence-electron chi connectivity index (χ4n) is 1.04. The van der Waals surface area contributed by atoms with Crippen molar-refractivity contribution in [2.75, 3.05) is 20.3 Å². The van der Waals surface area contributed by atoms with Gasteiger partial charge in [0.15, 0.2) is 6.39 Å². The van der Waals surface area contributed by atoms with E-state index >= 15 is 0 Å². The lowest BCUT2D eigenvalue weighted by molar-refractivity contribution is 0.192. The number of nitrogens with one attached hydrogen (secondary N) is 1. The maximum Gasteiger partial charge on any atom is 0.180 e. The lowest BCUT2D eigenvalue weighted by Gasteiger charge is -2.01. The molecule has 0 radical (unpaired) electrons. The van der Waals surface area contributed by atoms with Crippen molar-refractivity contribution < 1.29 is 9.15 Å². The molecule has 13 heavy (non-hydrogen) atoms. The van der Waals surface area contributed by atoms with Crippen LogP contribution in [-0.4, -0.2) is 25.2 Å². The molecule has 1 heterocycles. The van der Waals surface area contributed by atoms with E-state index in [9.17, 15) is 0 Å². The molecule has 0 aliphatic carbocycles. The molecule has 1 aromatic rings. The largest absolute Gasteiger partial charge is 0.447 e. The van der Waals surface area contributed by atoms with E-state index < -0.39 is 0 Å². The number of unbranched alkanes of at least 4 members (excludes halogenated alkanes) is 1. The second-order valence-corrected chi connectivity index (χ2v) is 2.84. The third-order valence-electron chi connectivity index (χ3n) is 1.73. The average Bonchev–Trinajstić information content (AvgIpc) is 2.63. The van der Waals surface area contributed by atoms with Crippen LogP contribution < -0.4 is 5.32 Å². The van der Waals surface area contributed by atoms with Crippen molar-refractivity contribution >= 4 is 0 Å². The minimum Gasteiger partial charge on any atom is -0.447 e. The van der Waals surface area contributed by atoms with Crippen LogP contribution in [0.4, 0.5) is 0 Å². The number of hydrogen-bond donors (Lipinski definition) is 1. The Bertz CT molecular complexity index is 199. The highest BCUT2D eigenvalue weighted by Gasteiger charge is 1.94. The van der Waals surface area contributed by atoms with Crippen LogP contribution in [0.5, 0.6) is 0 Å². The molecule has 1 aromatic heterocycles.